The number of carbonyl (C=O) groups is 1. The highest BCUT2D eigenvalue weighted by Gasteiger charge is 2.20. The number of carbonyl (C=O) groups excluding carboxylic acids is 1. The monoisotopic (exact) mass is 329 g/mol. The summed E-state index contributed by atoms with van der Waals surface area (Å²) >= 11 is 5.09. The summed E-state index contributed by atoms with van der Waals surface area (Å²) in [7, 11) is 0. The molecule has 18 heavy (non-hydrogen) atoms. The number of hydrogen-bond acceptors (Lipinski definition) is 3. The molecule has 0 aliphatic carbocycles. The summed E-state index contributed by atoms with van der Waals surface area (Å²) in [6, 6.07) is 4.42. The molecule has 1 aliphatic heterocycles. The molecule has 0 saturated carbocycles. The first kappa shape index (κ1) is 13.9. The molecule has 2 rings (SSSR count). The third-order valence-electron chi connectivity index (χ3n) is 2.82. The number of benzene rings is 1. The van der Waals surface area contributed by atoms with Gasteiger partial charge in [-0.05, 0) is 37.1 Å². The Kier molecular flexibility index (Phi) is 4.70. The first-order chi connectivity index (χ1) is 8.56. The highest BCUT2D eigenvalue weighted by molar-refractivity contribution is 9.10. The van der Waals surface area contributed by atoms with Crippen molar-refractivity contribution in [1.82, 2.24) is 5.32 Å². The molecule has 0 spiro atoms. The molecule has 3 nitrogen and oxygen atoms in total. The fourth-order valence-electron chi connectivity index (χ4n) is 1.64. The minimum Gasteiger partial charge on any atom is -0.377 e. The smallest absolute Gasteiger partial charge is 0.230 e. The fourth-order valence-corrected chi connectivity index (χ4v) is 3.02. The molecule has 1 aromatic rings. The van der Waals surface area contributed by atoms with E-state index in [2.05, 4.69) is 47.2 Å². The average molecular weight is 330 g/mol. The van der Waals surface area contributed by atoms with Crippen LogP contribution in [0.5, 0.6) is 0 Å². The van der Waals surface area contributed by atoms with Gasteiger partial charge in [0.1, 0.15) is 0 Å². The van der Waals surface area contributed by atoms with Gasteiger partial charge in [-0.1, -0.05) is 15.9 Å². The van der Waals surface area contributed by atoms with Crippen molar-refractivity contribution < 1.29 is 9.53 Å². The van der Waals surface area contributed by atoms with E-state index in [0.717, 1.165) is 9.37 Å². The Morgan fingerprint density at radius 2 is 2.17 bits per heavy atom. The van der Waals surface area contributed by atoms with E-state index in [4.69, 9.17) is 4.74 Å². The summed E-state index contributed by atoms with van der Waals surface area (Å²) in [4.78, 5) is 12.8. The lowest BCUT2D eigenvalue weighted by Gasteiger charge is -2.26. The van der Waals surface area contributed by atoms with E-state index < -0.39 is 0 Å². The van der Waals surface area contributed by atoms with Gasteiger partial charge in [-0.25, -0.2) is 0 Å². The van der Waals surface area contributed by atoms with Crippen molar-refractivity contribution in [3.05, 3.63) is 27.7 Å². The van der Waals surface area contributed by atoms with E-state index in [-0.39, 0.29) is 11.9 Å². The van der Waals surface area contributed by atoms with Crippen LogP contribution in [-0.4, -0.2) is 30.9 Å². The summed E-state index contributed by atoms with van der Waals surface area (Å²) in [5.41, 5.74) is 2.38. The number of amides is 1. The molecule has 1 saturated heterocycles. The van der Waals surface area contributed by atoms with Gasteiger partial charge in [0.2, 0.25) is 5.91 Å². The molecular weight excluding hydrogens is 314 g/mol. The Balaban J connectivity index is 1.89. The van der Waals surface area contributed by atoms with Crippen LogP contribution in [0.2, 0.25) is 0 Å². The molecule has 0 bridgehead atoms. The van der Waals surface area contributed by atoms with Crippen LogP contribution < -0.4 is 5.32 Å². The second-order valence-electron chi connectivity index (χ2n) is 4.46. The van der Waals surface area contributed by atoms with Crippen molar-refractivity contribution in [3.63, 3.8) is 0 Å². The second-order valence-corrected chi connectivity index (χ2v) is 6.33. The van der Waals surface area contributed by atoms with Gasteiger partial charge < -0.3 is 10.1 Å². The lowest BCUT2D eigenvalue weighted by molar-refractivity contribution is -0.122. The van der Waals surface area contributed by atoms with Crippen LogP contribution >= 0.6 is 27.7 Å². The Hall–Kier alpha value is -0.520. The molecule has 0 aromatic heterocycles. The number of rotatable bonds is 4. The first-order valence-corrected chi connectivity index (χ1v) is 7.61. The van der Waals surface area contributed by atoms with E-state index in [1.165, 1.54) is 11.1 Å². The molecule has 5 heteroatoms. The number of aryl methyl sites for hydroxylation is 2. The zero-order valence-electron chi connectivity index (χ0n) is 10.5. The van der Waals surface area contributed by atoms with Crippen molar-refractivity contribution in [1.29, 1.82) is 0 Å². The Morgan fingerprint density at radius 1 is 1.44 bits per heavy atom. The fraction of sp³-hybridized carbons (Fsp3) is 0.462. The van der Waals surface area contributed by atoms with Crippen LogP contribution in [0.4, 0.5) is 0 Å². The van der Waals surface area contributed by atoms with Crippen molar-refractivity contribution in [2.45, 2.75) is 24.8 Å². The maximum atomic E-state index is 11.7. The predicted molar refractivity (Wildman–Crippen MR) is 77.1 cm³/mol. The highest BCUT2D eigenvalue weighted by Crippen LogP contribution is 2.28. The average Bonchev–Trinajstić information content (AvgIpc) is 2.27. The predicted octanol–water partition coefficient (Wildman–Crippen LogP) is 2.67. The van der Waals surface area contributed by atoms with Crippen molar-refractivity contribution in [2.24, 2.45) is 0 Å². The second kappa shape index (κ2) is 6.08. The van der Waals surface area contributed by atoms with E-state index in [9.17, 15) is 4.79 Å². The topological polar surface area (TPSA) is 38.3 Å². The summed E-state index contributed by atoms with van der Waals surface area (Å²) in [6.07, 6.45) is 0. The SMILES string of the molecule is Cc1cc(SCC(=O)NC2COC2)c(C)cc1Br. The Morgan fingerprint density at radius 3 is 2.78 bits per heavy atom. The number of hydrogen-bond donors (Lipinski definition) is 1. The van der Waals surface area contributed by atoms with Gasteiger partial charge >= 0.3 is 0 Å². The summed E-state index contributed by atoms with van der Waals surface area (Å²) in [5, 5.41) is 2.94. The maximum absolute atomic E-state index is 11.7. The standard InChI is InChI=1S/C13H16BrNO2S/c1-8-4-12(9(2)3-11(8)14)18-7-13(16)15-10-5-17-6-10/h3-4,10H,5-7H2,1-2H3,(H,15,16). The maximum Gasteiger partial charge on any atom is 0.230 e. The number of nitrogens with one attached hydrogen (secondary N) is 1. The van der Waals surface area contributed by atoms with Crippen LogP contribution in [0.1, 0.15) is 11.1 Å². The lowest BCUT2D eigenvalue weighted by atomic mass is 10.2. The molecule has 1 heterocycles. The summed E-state index contributed by atoms with van der Waals surface area (Å²) in [5.74, 6) is 0.534. The third-order valence-corrected chi connectivity index (χ3v) is 4.83. The zero-order chi connectivity index (χ0) is 13.1. The largest absolute Gasteiger partial charge is 0.377 e. The lowest BCUT2D eigenvalue weighted by Crippen LogP contribution is -2.49. The van der Waals surface area contributed by atoms with Gasteiger partial charge in [-0.3, -0.25) is 4.79 Å². The van der Waals surface area contributed by atoms with Crippen molar-refractivity contribution in [3.8, 4) is 0 Å². The Bertz CT molecular complexity index is 461. The summed E-state index contributed by atoms with van der Waals surface area (Å²) in [6.45, 7) is 5.41. The molecule has 1 fully saturated rings. The quantitative estimate of drug-likeness (QED) is 0.863. The molecule has 1 aromatic carbocycles. The van der Waals surface area contributed by atoms with Crippen LogP contribution in [-0.2, 0) is 9.53 Å². The minimum absolute atomic E-state index is 0.0771. The Labute approximate surface area is 120 Å². The first-order valence-electron chi connectivity index (χ1n) is 5.83. The van der Waals surface area contributed by atoms with Gasteiger partial charge in [-0.15, -0.1) is 11.8 Å². The number of thioether (sulfide) groups is 1. The van der Waals surface area contributed by atoms with Crippen LogP contribution in [0.3, 0.4) is 0 Å². The number of ether oxygens (including phenoxy) is 1. The summed E-state index contributed by atoms with van der Waals surface area (Å²) < 4.78 is 6.13. The van der Waals surface area contributed by atoms with E-state index in [1.807, 2.05) is 0 Å². The van der Waals surface area contributed by atoms with Gasteiger partial charge in [-0.2, -0.15) is 0 Å². The van der Waals surface area contributed by atoms with E-state index in [1.54, 1.807) is 11.8 Å². The van der Waals surface area contributed by atoms with E-state index >= 15 is 0 Å². The van der Waals surface area contributed by atoms with Crippen LogP contribution in [0.15, 0.2) is 21.5 Å². The van der Waals surface area contributed by atoms with Crippen molar-refractivity contribution in [2.75, 3.05) is 19.0 Å². The van der Waals surface area contributed by atoms with Gasteiger partial charge in [0.05, 0.1) is 25.0 Å². The molecule has 1 N–H and O–H groups in total. The molecular formula is C13H16BrNO2S. The molecule has 1 aliphatic rings. The van der Waals surface area contributed by atoms with Crippen molar-refractivity contribution >= 4 is 33.6 Å². The molecule has 0 atom stereocenters. The van der Waals surface area contributed by atoms with Crippen LogP contribution in [0.25, 0.3) is 0 Å². The molecule has 0 unspecified atom stereocenters. The van der Waals surface area contributed by atoms with Crippen LogP contribution in [0, 0.1) is 13.8 Å². The van der Waals surface area contributed by atoms with E-state index in [0.29, 0.717) is 19.0 Å². The highest BCUT2D eigenvalue weighted by atomic mass is 79.9. The molecule has 1 amide bonds. The molecule has 0 radical (unpaired) electrons. The molecule has 98 valence electrons. The van der Waals surface area contributed by atoms with Gasteiger partial charge in [0.15, 0.2) is 0 Å². The minimum atomic E-state index is 0.0771. The normalized spacial score (nSPS) is 15.3. The van der Waals surface area contributed by atoms with Gasteiger partial charge in [0, 0.05) is 9.37 Å². The third kappa shape index (κ3) is 3.49. The zero-order valence-corrected chi connectivity index (χ0v) is 12.9. The number of halogens is 1. The van der Waals surface area contributed by atoms with Gasteiger partial charge in [0.25, 0.3) is 0 Å².